The average molecular weight is 336 g/mol. The van der Waals surface area contributed by atoms with Gasteiger partial charge in [-0.2, -0.15) is 0 Å². The standard InChI is InChI=1S/C19H41NO.ClH/c1-4-5-6-7-8-9-10-11-12-13-14-15-16-17-18-19(2,21)20-3;/h20-21H,4-18H2,1-3H3;1H. The fraction of sp³-hybridized carbons (Fsp3) is 1.00. The second-order valence-corrected chi connectivity index (χ2v) is 6.87. The van der Waals surface area contributed by atoms with E-state index in [0.29, 0.717) is 0 Å². The first kappa shape index (κ1) is 24.5. The van der Waals surface area contributed by atoms with Crippen molar-refractivity contribution in [3.8, 4) is 0 Å². The third-order valence-electron chi connectivity index (χ3n) is 4.56. The van der Waals surface area contributed by atoms with E-state index >= 15 is 0 Å². The second-order valence-electron chi connectivity index (χ2n) is 6.87. The molecule has 0 aromatic rings. The molecule has 0 aliphatic heterocycles. The summed E-state index contributed by atoms with van der Waals surface area (Å²) in [5.74, 6) is 0. The Hall–Kier alpha value is 0.210. The minimum Gasteiger partial charge on any atom is -0.376 e. The van der Waals surface area contributed by atoms with Gasteiger partial charge in [-0.3, -0.25) is 5.32 Å². The van der Waals surface area contributed by atoms with Gasteiger partial charge in [-0.05, 0) is 26.8 Å². The van der Waals surface area contributed by atoms with Crippen molar-refractivity contribution in [3.05, 3.63) is 0 Å². The van der Waals surface area contributed by atoms with Crippen LogP contribution in [0.25, 0.3) is 0 Å². The molecule has 136 valence electrons. The number of unbranched alkanes of at least 4 members (excludes halogenated alkanes) is 13. The summed E-state index contributed by atoms with van der Waals surface area (Å²) < 4.78 is 0. The molecule has 0 fully saturated rings. The SMILES string of the molecule is CCCCCCCCCCCCCCCCC(C)(O)NC.Cl. The highest BCUT2D eigenvalue weighted by molar-refractivity contribution is 5.85. The van der Waals surface area contributed by atoms with E-state index in [2.05, 4.69) is 12.2 Å². The Labute approximate surface area is 146 Å². The summed E-state index contributed by atoms with van der Waals surface area (Å²) in [5, 5.41) is 12.7. The van der Waals surface area contributed by atoms with Gasteiger partial charge in [-0.15, -0.1) is 12.4 Å². The fourth-order valence-corrected chi connectivity index (χ4v) is 2.79. The number of hydrogen-bond acceptors (Lipinski definition) is 2. The van der Waals surface area contributed by atoms with Crippen LogP contribution < -0.4 is 5.32 Å². The van der Waals surface area contributed by atoms with Gasteiger partial charge in [0.2, 0.25) is 0 Å². The molecule has 0 saturated carbocycles. The van der Waals surface area contributed by atoms with Crippen molar-refractivity contribution in [1.82, 2.24) is 5.32 Å². The molecule has 0 amide bonds. The molecule has 1 unspecified atom stereocenters. The van der Waals surface area contributed by atoms with Crippen molar-refractivity contribution in [1.29, 1.82) is 0 Å². The van der Waals surface area contributed by atoms with Crippen LogP contribution in [0.1, 0.15) is 110 Å². The molecule has 0 radical (unpaired) electrons. The summed E-state index contributed by atoms with van der Waals surface area (Å²) in [4.78, 5) is 0. The smallest absolute Gasteiger partial charge is 0.112 e. The van der Waals surface area contributed by atoms with Gasteiger partial charge in [0.05, 0.1) is 0 Å². The first-order valence-electron chi connectivity index (χ1n) is 9.53. The van der Waals surface area contributed by atoms with Gasteiger partial charge in [0.1, 0.15) is 5.72 Å². The monoisotopic (exact) mass is 335 g/mol. The summed E-state index contributed by atoms with van der Waals surface area (Å²) in [6, 6.07) is 0. The zero-order valence-corrected chi connectivity index (χ0v) is 16.3. The Morgan fingerprint density at radius 2 is 1.00 bits per heavy atom. The van der Waals surface area contributed by atoms with Gasteiger partial charge in [-0.25, -0.2) is 0 Å². The average Bonchev–Trinajstić information content (AvgIpc) is 2.47. The lowest BCUT2D eigenvalue weighted by atomic mass is 10.0. The Balaban J connectivity index is 0. The van der Waals surface area contributed by atoms with E-state index in [4.69, 9.17) is 0 Å². The van der Waals surface area contributed by atoms with E-state index in [-0.39, 0.29) is 12.4 Å². The summed E-state index contributed by atoms with van der Waals surface area (Å²) >= 11 is 0. The molecule has 0 aromatic carbocycles. The van der Waals surface area contributed by atoms with Crippen LogP contribution in [0.3, 0.4) is 0 Å². The summed E-state index contributed by atoms with van der Waals surface area (Å²) in [7, 11) is 1.82. The molecule has 0 saturated heterocycles. The van der Waals surface area contributed by atoms with Gasteiger partial charge >= 0.3 is 0 Å². The first-order chi connectivity index (χ1) is 10.1. The Kier molecular flexibility index (Phi) is 19.5. The normalized spacial score (nSPS) is 13.6. The van der Waals surface area contributed by atoms with E-state index in [1.165, 1.54) is 83.5 Å². The topological polar surface area (TPSA) is 32.3 Å². The lowest BCUT2D eigenvalue weighted by molar-refractivity contribution is 0.0209. The van der Waals surface area contributed by atoms with Crippen molar-refractivity contribution in [2.75, 3.05) is 7.05 Å². The van der Waals surface area contributed by atoms with Crippen LogP contribution in [0.15, 0.2) is 0 Å². The van der Waals surface area contributed by atoms with Crippen LogP contribution in [-0.2, 0) is 0 Å². The molecule has 0 aliphatic carbocycles. The van der Waals surface area contributed by atoms with Crippen LogP contribution in [0, 0.1) is 0 Å². The van der Waals surface area contributed by atoms with Crippen molar-refractivity contribution in [2.24, 2.45) is 0 Å². The first-order valence-corrected chi connectivity index (χ1v) is 9.53. The molecule has 1 atom stereocenters. The van der Waals surface area contributed by atoms with Crippen LogP contribution in [-0.4, -0.2) is 17.9 Å². The third kappa shape index (κ3) is 18.3. The largest absolute Gasteiger partial charge is 0.376 e. The molecule has 0 bridgehead atoms. The zero-order valence-electron chi connectivity index (χ0n) is 15.5. The highest BCUT2D eigenvalue weighted by atomic mass is 35.5. The van der Waals surface area contributed by atoms with Crippen molar-refractivity contribution < 1.29 is 5.11 Å². The zero-order chi connectivity index (χ0) is 15.8. The maximum Gasteiger partial charge on any atom is 0.112 e. The highest BCUT2D eigenvalue weighted by Crippen LogP contribution is 2.15. The fourth-order valence-electron chi connectivity index (χ4n) is 2.79. The van der Waals surface area contributed by atoms with Gasteiger partial charge in [-0.1, -0.05) is 90.4 Å². The number of rotatable bonds is 16. The summed E-state index contributed by atoms with van der Waals surface area (Å²) in [6.45, 7) is 4.14. The Morgan fingerprint density at radius 1 is 0.682 bits per heavy atom. The number of halogens is 1. The molecule has 0 rings (SSSR count). The molecule has 0 aromatic heterocycles. The maximum absolute atomic E-state index is 9.80. The maximum atomic E-state index is 9.80. The van der Waals surface area contributed by atoms with E-state index in [0.717, 1.165) is 12.8 Å². The molecule has 0 spiro atoms. The summed E-state index contributed by atoms with van der Waals surface area (Å²) in [6.07, 6.45) is 20.2. The van der Waals surface area contributed by atoms with Crippen LogP contribution in [0.5, 0.6) is 0 Å². The Bertz CT molecular complexity index is 210. The molecule has 0 aliphatic rings. The van der Waals surface area contributed by atoms with E-state index < -0.39 is 5.72 Å². The molecule has 22 heavy (non-hydrogen) atoms. The molecule has 2 N–H and O–H groups in total. The van der Waals surface area contributed by atoms with E-state index in [1.807, 2.05) is 14.0 Å². The third-order valence-corrected chi connectivity index (χ3v) is 4.56. The van der Waals surface area contributed by atoms with E-state index in [1.54, 1.807) is 0 Å². The van der Waals surface area contributed by atoms with Gasteiger partial charge in [0.15, 0.2) is 0 Å². The molecular weight excluding hydrogens is 294 g/mol. The van der Waals surface area contributed by atoms with Gasteiger partial charge < -0.3 is 5.11 Å². The van der Waals surface area contributed by atoms with Crippen LogP contribution >= 0.6 is 12.4 Å². The quantitative estimate of drug-likeness (QED) is 0.259. The summed E-state index contributed by atoms with van der Waals surface area (Å²) in [5.41, 5.74) is -0.670. The Morgan fingerprint density at radius 3 is 1.32 bits per heavy atom. The van der Waals surface area contributed by atoms with Crippen LogP contribution in [0.2, 0.25) is 0 Å². The highest BCUT2D eigenvalue weighted by Gasteiger charge is 2.15. The van der Waals surface area contributed by atoms with Gasteiger partial charge in [0.25, 0.3) is 0 Å². The predicted molar refractivity (Wildman–Crippen MR) is 102 cm³/mol. The number of nitrogens with one attached hydrogen (secondary N) is 1. The molecule has 0 heterocycles. The van der Waals surface area contributed by atoms with Gasteiger partial charge in [0, 0.05) is 0 Å². The number of hydrogen-bond donors (Lipinski definition) is 2. The lowest BCUT2D eigenvalue weighted by Crippen LogP contribution is -2.39. The molecule has 2 nitrogen and oxygen atoms in total. The van der Waals surface area contributed by atoms with Crippen LogP contribution in [0.4, 0.5) is 0 Å². The molecule has 3 heteroatoms. The minimum atomic E-state index is -0.670. The van der Waals surface area contributed by atoms with Crippen molar-refractivity contribution in [2.45, 2.75) is 116 Å². The van der Waals surface area contributed by atoms with Crippen molar-refractivity contribution >= 4 is 12.4 Å². The lowest BCUT2D eigenvalue weighted by Gasteiger charge is -2.22. The van der Waals surface area contributed by atoms with Crippen molar-refractivity contribution in [3.63, 3.8) is 0 Å². The minimum absolute atomic E-state index is 0. The predicted octanol–water partition coefficient (Wildman–Crippen LogP) is 6.21. The van der Waals surface area contributed by atoms with E-state index in [9.17, 15) is 5.11 Å². The second kappa shape index (κ2) is 17.6. The molecular formula is C19H42ClNO. The number of aliphatic hydroxyl groups is 1.